The lowest BCUT2D eigenvalue weighted by Gasteiger charge is -2.20. The molecule has 2 aromatic carbocycles. The van der Waals surface area contributed by atoms with Gasteiger partial charge in [-0.05, 0) is 50.5 Å². The number of alkyl halides is 3. The molecule has 0 aliphatic rings. The monoisotopic (exact) mass is 596 g/mol. The highest BCUT2D eigenvalue weighted by atomic mass is 35.5. The standard InChI is InChI=1S/C28H32ClF3N4O5/c1-16(33-27(39)40-4)25-35-23(15-36(25)3)19-7-5-18(6-8-19)13-21(11-12-37)34-26(38)20-9-10-24(22(29)14-20)41-17(2)28(30,31)32/h5-10,14-17,21,37H,11-13H2,1-4H3,(H,33,39)(H,34,38)/t16-,17-,21-/m1/s1. The number of alkyl carbamates (subject to hydrolysis) is 1. The number of aromatic nitrogens is 2. The Hall–Kier alpha value is -3.77. The molecule has 3 atom stereocenters. The zero-order chi connectivity index (χ0) is 30.3. The van der Waals surface area contributed by atoms with E-state index >= 15 is 0 Å². The molecule has 0 saturated heterocycles. The average molecular weight is 597 g/mol. The maximum atomic E-state index is 12.9. The second-order valence-corrected chi connectivity index (χ2v) is 9.89. The van der Waals surface area contributed by atoms with Crippen LogP contribution in [0.1, 0.15) is 48.1 Å². The molecule has 41 heavy (non-hydrogen) atoms. The molecular weight excluding hydrogens is 565 g/mol. The maximum Gasteiger partial charge on any atom is 0.425 e. The fourth-order valence-electron chi connectivity index (χ4n) is 4.06. The predicted molar refractivity (Wildman–Crippen MR) is 147 cm³/mol. The van der Waals surface area contributed by atoms with Crippen molar-refractivity contribution in [3.05, 3.63) is 70.6 Å². The third-order valence-corrected chi connectivity index (χ3v) is 6.62. The molecule has 3 N–H and O–H groups in total. The van der Waals surface area contributed by atoms with Crippen molar-refractivity contribution < 1.29 is 37.3 Å². The van der Waals surface area contributed by atoms with E-state index in [9.17, 15) is 27.9 Å². The van der Waals surface area contributed by atoms with Crippen molar-refractivity contribution in [3.63, 3.8) is 0 Å². The fraction of sp³-hybridized carbons (Fsp3) is 0.393. The van der Waals surface area contributed by atoms with E-state index < -0.39 is 30.3 Å². The van der Waals surface area contributed by atoms with Gasteiger partial charge in [-0.15, -0.1) is 0 Å². The van der Waals surface area contributed by atoms with E-state index in [-0.39, 0.29) is 35.4 Å². The summed E-state index contributed by atoms with van der Waals surface area (Å²) >= 11 is 6.07. The summed E-state index contributed by atoms with van der Waals surface area (Å²) in [5, 5.41) is 14.9. The Kier molecular flexibility index (Phi) is 10.6. The van der Waals surface area contributed by atoms with Gasteiger partial charge in [0, 0.05) is 37.0 Å². The summed E-state index contributed by atoms with van der Waals surface area (Å²) in [4.78, 5) is 29.0. The number of halogens is 4. The number of ether oxygens (including phenoxy) is 2. The van der Waals surface area contributed by atoms with Crippen molar-refractivity contribution in [1.29, 1.82) is 0 Å². The Morgan fingerprint density at radius 3 is 2.39 bits per heavy atom. The lowest BCUT2D eigenvalue weighted by Crippen LogP contribution is -2.37. The maximum absolute atomic E-state index is 12.9. The van der Waals surface area contributed by atoms with Gasteiger partial charge in [0.05, 0.1) is 23.9 Å². The van der Waals surface area contributed by atoms with E-state index in [1.54, 1.807) is 6.92 Å². The first-order valence-corrected chi connectivity index (χ1v) is 13.1. The Bertz CT molecular complexity index is 1350. The van der Waals surface area contributed by atoms with E-state index in [0.29, 0.717) is 17.9 Å². The van der Waals surface area contributed by atoms with E-state index in [1.165, 1.54) is 25.3 Å². The summed E-state index contributed by atoms with van der Waals surface area (Å²) in [6.07, 6.45) is -4.64. The fourth-order valence-corrected chi connectivity index (χ4v) is 4.29. The molecule has 3 rings (SSSR count). The Labute approximate surface area is 240 Å². The number of nitrogens with zero attached hydrogens (tertiary/aromatic N) is 2. The molecule has 0 aliphatic heterocycles. The Morgan fingerprint density at radius 2 is 1.80 bits per heavy atom. The van der Waals surface area contributed by atoms with Crippen molar-refractivity contribution in [3.8, 4) is 17.0 Å². The van der Waals surface area contributed by atoms with Gasteiger partial charge in [0.15, 0.2) is 6.10 Å². The minimum Gasteiger partial charge on any atom is -0.480 e. The summed E-state index contributed by atoms with van der Waals surface area (Å²) < 4.78 is 49.7. The first kappa shape index (κ1) is 31.8. The minimum atomic E-state index is -4.56. The highest BCUT2D eigenvalue weighted by molar-refractivity contribution is 6.32. The van der Waals surface area contributed by atoms with Crippen LogP contribution < -0.4 is 15.4 Å². The molecule has 2 amide bonds. The first-order chi connectivity index (χ1) is 19.3. The summed E-state index contributed by atoms with van der Waals surface area (Å²) in [6, 6.07) is 10.5. The molecule has 13 heteroatoms. The lowest BCUT2D eigenvalue weighted by atomic mass is 10.0. The molecule has 0 fully saturated rings. The number of aliphatic hydroxyl groups is 1. The van der Waals surface area contributed by atoms with Gasteiger partial charge >= 0.3 is 12.3 Å². The van der Waals surface area contributed by atoms with Gasteiger partial charge in [0.25, 0.3) is 5.91 Å². The van der Waals surface area contributed by atoms with E-state index in [4.69, 9.17) is 16.3 Å². The molecule has 222 valence electrons. The van der Waals surface area contributed by atoms with Crippen LogP contribution in [0.2, 0.25) is 5.02 Å². The number of rotatable bonds is 11. The van der Waals surface area contributed by atoms with Crippen molar-refractivity contribution in [2.24, 2.45) is 7.05 Å². The second kappa shape index (κ2) is 13.7. The quantitative estimate of drug-likeness (QED) is 0.280. The number of hydrogen-bond donors (Lipinski definition) is 3. The Balaban J connectivity index is 1.67. The van der Waals surface area contributed by atoms with Gasteiger partial charge in [-0.1, -0.05) is 35.9 Å². The number of benzene rings is 2. The molecule has 0 radical (unpaired) electrons. The van der Waals surface area contributed by atoms with Crippen molar-refractivity contribution in [2.75, 3.05) is 13.7 Å². The van der Waals surface area contributed by atoms with Crippen molar-refractivity contribution in [2.45, 2.75) is 51.1 Å². The highest BCUT2D eigenvalue weighted by Crippen LogP contribution is 2.31. The molecule has 3 aromatic rings. The molecule has 0 saturated carbocycles. The number of aryl methyl sites for hydroxylation is 1. The van der Waals surface area contributed by atoms with E-state index in [0.717, 1.165) is 18.1 Å². The van der Waals surface area contributed by atoms with Crippen molar-refractivity contribution in [1.82, 2.24) is 20.2 Å². The van der Waals surface area contributed by atoms with Crippen LogP contribution in [-0.4, -0.2) is 58.7 Å². The van der Waals surface area contributed by atoms with Crippen LogP contribution in [0.5, 0.6) is 5.75 Å². The van der Waals surface area contributed by atoms with Crippen LogP contribution in [0.25, 0.3) is 11.3 Å². The van der Waals surface area contributed by atoms with E-state index in [1.807, 2.05) is 42.1 Å². The summed E-state index contributed by atoms with van der Waals surface area (Å²) in [5.41, 5.74) is 2.59. The topological polar surface area (TPSA) is 115 Å². The molecule has 1 heterocycles. The molecule has 0 aliphatic carbocycles. The SMILES string of the molecule is COC(=O)N[C@H](C)c1nc(-c2ccc(C[C@@H](CCO)NC(=O)c3ccc(O[C@H](C)C(F)(F)F)c(Cl)c3)cc2)cn1C. The van der Waals surface area contributed by atoms with Gasteiger partial charge in [0.1, 0.15) is 11.6 Å². The molecule has 1 aromatic heterocycles. The number of imidazole rings is 1. The van der Waals surface area contributed by atoms with Crippen LogP contribution in [0.3, 0.4) is 0 Å². The number of aliphatic hydroxyl groups excluding tert-OH is 1. The Morgan fingerprint density at radius 1 is 1.12 bits per heavy atom. The smallest absolute Gasteiger partial charge is 0.425 e. The van der Waals surface area contributed by atoms with E-state index in [2.05, 4.69) is 20.4 Å². The number of methoxy groups -OCH3 is 1. The van der Waals surface area contributed by atoms with Crippen LogP contribution in [0.15, 0.2) is 48.7 Å². The summed E-state index contributed by atoms with van der Waals surface area (Å²) in [5.74, 6) is -0.0305. The second-order valence-electron chi connectivity index (χ2n) is 9.48. The summed E-state index contributed by atoms with van der Waals surface area (Å²) in [7, 11) is 3.12. The van der Waals surface area contributed by atoms with Crippen LogP contribution in [0.4, 0.5) is 18.0 Å². The predicted octanol–water partition coefficient (Wildman–Crippen LogP) is 5.21. The number of nitrogens with one attached hydrogen (secondary N) is 2. The number of carbonyl (C=O) groups excluding carboxylic acids is 2. The zero-order valence-electron chi connectivity index (χ0n) is 23.0. The lowest BCUT2D eigenvalue weighted by molar-refractivity contribution is -0.189. The number of amides is 2. The first-order valence-electron chi connectivity index (χ1n) is 12.7. The average Bonchev–Trinajstić information content (AvgIpc) is 3.31. The third-order valence-electron chi connectivity index (χ3n) is 6.32. The van der Waals surface area contributed by atoms with Gasteiger partial charge in [0.2, 0.25) is 0 Å². The highest BCUT2D eigenvalue weighted by Gasteiger charge is 2.38. The minimum absolute atomic E-state index is 0.129. The van der Waals surface area contributed by atoms with Gasteiger partial charge in [-0.2, -0.15) is 13.2 Å². The molecular formula is C28H32ClF3N4O5. The third kappa shape index (κ3) is 8.61. The molecule has 0 unspecified atom stereocenters. The number of carbonyl (C=O) groups is 2. The molecule has 0 spiro atoms. The van der Waals surface area contributed by atoms with Gasteiger partial charge in [-0.3, -0.25) is 4.79 Å². The zero-order valence-corrected chi connectivity index (χ0v) is 23.7. The van der Waals surface area contributed by atoms with Crippen LogP contribution in [0, 0.1) is 0 Å². The molecule has 0 bridgehead atoms. The normalized spacial score (nSPS) is 13.7. The van der Waals surface area contributed by atoms with Crippen LogP contribution >= 0.6 is 11.6 Å². The summed E-state index contributed by atoms with van der Waals surface area (Å²) in [6.45, 7) is 2.49. The van der Waals surface area contributed by atoms with Crippen LogP contribution in [-0.2, 0) is 18.2 Å². The molecule has 9 nitrogen and oxygen atoms in total. The largest absolute Gasteiger partial charge is 0.480 e. The number of hydrogen-bond acceptors (Lipinski definition) is 6. The van der Waals surface area contributed by atoms with Crippen molar-refractivity contribution >= 4 is 23.6 Å². The van der Waals surface area contributed by atoms with Gasteiger partial charge in [-0.25, -0.2) is 9.78 Å². The van der Waals surface area contributed by atoms with Gasteiger partial charge < -0.3 is 29.8 Å².